The number of rotatable bonds is 37. The number of esters is 1. The highest BCUT2D eigenvalue weighted by molar-refractivity contribution is 7.47. The molecule has 0 radical (unpaired) electrons. The van der Waals surface area contributed by atoms with Gasteiger partial charge in [-0.1, -0.05) is 154 Å². The molecule has 0 fully saturated rings. The molecular formula is C38H74NO8P. The fourth-order valence-electron chi connectivity index (χ4n) is 5.42. The minimum absolute atomic E-state index is 0.0800. The lowest BCUT2D eigenvalue weighted by atomic mass is 10.0. The lowest BCUT2D eigenvalue weighted by Crippen LogP contribution is -2.27. The second kappa shape index (κ2) is 35.6. The van der Waals surface area contributed by atoms with Crippen LogP contribution in [-0.2, 0) is 27.9 Å². The molecule has 2 atom stereocenters. The molecule has 0 saturated carbocycles. The molecule has 9 nitrogen and oxygen atoms in total. The second-order valence-electron chi connectivity index (χ2n) is 13.3. The summed E-state index contributed by atoms with van der Waals surface area (Å²) in [5.41, 5.74) is 0. The smallest absolute Gasteiger partial charge is 0.463 e. The highest BCUT2D eigenvalue weighted by Crippen LogP contribution is 2.42. The molecule has 0 aliphatic carbocycles. The summed E-state index contributed by atoms with van der Waals surface area (Å²) in [4.78, 5) is 33.7. The average Bonchev–Trinajstić information content (AvgIpc) is 3.07. The van der Waals surface area contributed by atoms with E-state index in [0.29, 0.717) is 6.42 Å². The first-order chi connectivity index (χ1) is 23.3. The number of hydrogen-bond acceptors (Lipinski definition) is 7. The van der Waals surface area contributed by atoms with Crippen molar-refractivity contribution in [3.05, 3.63) is 12.2 Å². The normalized spacial score (nSPS) is 13.5. The van der Waals surface area contributed by atoms with Gasteiger partial charge in [-0.3, -0.25) is 18.6 Å². The Hall–Kier alpha value is -1.25. The van der Waals surface area contributed by atoms with Crippen molar-refractivity contribution >= 4 is 19.7 Å². The van der Waals surface area contributed by atoms with Crippen molar-refractivity contribution in [3.8, 4) is 0 Å². The third-order valence-electron chi connectivity index (χ3n) is 8.45. The monoisotopic (exact) mass is 704 g/mol. The molecule has 284 valence electrons. The maximum absolute atomic E-state index is 12.0. The number of hydrogen-bond donors (Lipinski definition) is 3. The Bertz CT molecular complexity index is 810. The van der Waals surface area contributed by atoms with Gasteiger partial charge in [0.25, 0.3) is 0 Å². The number of carbonyl (C=O) groups is 2. The van der Waals surface area contributed by atoms with Crippen molar-refractivity contribution < 1.29 is 37.9 Å². The zero-order valence-corrected chi connectivity index (χ0v) is 31.8. The Morgan fingerprint density at radius 2 is 1.08 bits per heavy atom. The number of nitrogens with one attached hydrogen (secondary N) is 1. The summed E-state index contributed by atoms with van der Waals surface area (Å²) in [5.74, 6) is -0.521. The number of phosphoric acid groups is 1. The molecule has 0 bridgehead atoms. The fraction of sp³-hybridized carbons (Fsp3) is 0.895. The van der Waals surface area contributed by atoms with E-state index >= 15 is 0 Å². The van der Waals surface area contributed by atoms with Crippen molar-refractivity contribution in [2.24, 2.45) is 0 Å². The van der Waals surface area contributed by atoms with Gasteiger partial charge in [-0.25, -0.2) is 4.57 Å². The van der Waals surface area contributed by atoms with Crippen LogP contribution in [0.2, 0.25) is 0 Å². The minimum atomic E-state index is -4.41. The van der Waals surface area contributed by atoms with Gasteiger partial charge in [0.05, 0.1) is 13.2 Å². The van der Waals surface area contributed by atoms with Crippen molar-refractivity contribution in [2.45, 2.75) is 193 Å². The predicted octanol–water partition coefficient (Wildman–Crippen LogP) is 10.3. The van der Waals surface area contributed by atoms with E-state index in [1.165, 1.54) is 109 Å². The number of allylic oxidation sites excluding steroid dienone is 2. The molecular weight excluding hydrogens is 629 g/mol. The van der Waals surface area contributed by atoms with Crippen LogP contribution in [0.3, 0.4) is 0 Å². The van der Waals surface area contributed by atoms with Crippen LogP contribution in [0.4, 0.5) is 0 Å². The average molecular weight is 704 g/mol. The number of carbonyl (C=O) groups excluding carboxylic acids is 2. The summed E-state index contributed by atoms with van der Waals surface area (Å²) in [6.07, 6.45) is 34.3. The zero-order chi connectivity index (χ0) is 35.4. The van der Waals surface area contributed by atoms with Crippen molar-refractivity contribution in [1.82, 2.24) is 5.32 Å². The number of phosphoric ester groups is 1. The van der Waals surface area contributed by atoms with Gasteiger partial charge in [0.1, 0.15) is 12.7 Å². The van der Waals surface area contributed by atoms with E-state index in [2.05, 4.69) is 31.3 Å². The molecule has 0 aliphatic heterocycles. The van der Waals surface area contributed by atoms with E-state index in [4.69, 9.17) is 13.8 Å². The Labute approximate surface area is 294 Å². The van der Waals surface area contributed by atoms with Gasteiger partial charge in [0.2, 0.25) is 5.91 Å². The number of aliphatic hydroxyl groups excluding tert-OH is 1. The van der Waals surface area contributed by atoms with Crippen LogP contribution in [0.25, 0.3) is 0 Å². The Balaban J connectivity index is 3.59. The van der Waals surface area contributed by atoms with E-state index in [0.717, 1.165) is 51.4 Å². The molecule has 0 aromatic rings. The molecule has 0 aromatic carbocycles. The van der Waals surface area contributed by atoms with Crippen LogP contribution < -0.4 is 5.32 Å². The highest BCUT2D eigenvalue weighted by Gasteiger charge is 2.23. The van der Waals surface area contributed by atoms with Crippen LogP contribution in [-0.4, -0.2) is 54.3 Å². The van der Waals surface area contributed by atoms with E-state index in [1.807, 2.05) is 0 Å². The molecule has 0 saturated heterocycles. The minimum Gasteiger partial charge on any atom is -0.463 e. The third kappa shape index (κ3) is 36.0. The summed E-state index contributed by atoms with van der Waals surface area (Å²) >= 11 is 0. The SMILES string of the molecule is CCCC/C=C\CCCCCCCC(=O)NCCOP(=O)(O)OCC(O)COC(=O)CCCCCCCCCCCCCCCCCC. The maximum atomic E-state index is 12.0. The molecule has 48 heavy (non-hydrogen) atoms. The van der Waals surface area contributed by atoms with Gasteiger partial charge >= 0.3 is 13.8 Å². The van der Waals surface area contributed by atoms with E-state index in [1.54, 1.807) is 0 Å². The van der Waals surface area contributed by atoms with E-state index < -0.39 is 26.5 Å². The van der Waals surface area contributed by atoms with E-state index in [9.17, 15) is 24.2 Å². The lowest BCUT2D eigenvalue weighted by Gasteiger charge is -2.15. The summed E-state index contributed by atoms with van der Waals surface area (Å²) in [5, 5.41) is 12.6. The first-order valence-electron chi connectivity index (χ1n) is 19.7. The molecule has 10 heteroatoms. The van der Waals surface area contributed by atoms with Gasteiger partial charge in [-0.2, -0.15) is 0 Å². The Morgan fingerprint density at radius 3 is 1.62 bits per heavy atom. The second-order valence-corrected chi connectivity index (χ2v) is 14.7. The summed E-state index contributed by atoms with van der Waals surface area (Å²) in [6, 6.07) is 0. The van der Waals surface area contributed by atoms with Crippen LogP contribution in [0.15, 0.2) is 12.2 Å². The number of ether oxygens (including phenoxy) is 1. The van der Waals surface area contributed by atoms with Gasteiger partial charge in [0.15, 0.2) is 0 Å². The van der Waals surface area contributed by atoms with Gasteiger partial charge < -0.3 is 20.1 Å². The molecule has 0 aliphatic rings. The molecule has 2 unspecified atom stereocenters. The summed E-state index contributed by atoms with van der Waals surface area (Å²) < 4.78 is 26.8. The van der Waals surface area contributed by atoms with Crippen molar-refractivity contribution in [1.29, 1.82) is 0 Å². The lowest BCUT2D eigenvalue weighted by molar-refractivity contribution is -0.147. The highest BCUT2D eigenvalue weighted by atomic mass is 31.2. The van der Waals surface area contributed by atoms with Gasteiger partial charge in [0, 0.05) is 19.4 Å². The molecule has 0 rings (SSSR count). The van der Waals surface area contributed by atoms with Crippen LogP contribution >= 0.6 is 7.82 Å². The third-order valence-corrected chi connectivity index (χ3v) is 9.43. The fourth-order valence-corrected chi connectivity index (χ4v) is 6.18. The predicted molar refractivity (Wildman–Crippen MR) is 197 cm³/mol. The Morgan fingerprint density at radius 1 is 0.625 bits per heavy atom. The van der Waals surface area contributed by atoms with Crippen LogP contribution in [0, 0.1) is 0 Å². The number of unbranched alkanes of at least 4 members (excludes halogenated alkanes) is 22. The van der Waals surface area contributed by atoms with Crippen LogP contribution in [0.1, 0.15) is 187 Å². The number of aliphatic hydroxyl groups is 1. The van der Waals surface area contributed by atoms with Gasteiger partial charge in [-0.15, -0.1) is 0 Å². The number of amides is 1. The largest absolute Gasteiger partial charge is 0.472 e. The summed E-state index contributed by atoms with van der Waals surface area (Å²) in [7, 11) is -4.41. The topological polar surface area (TPSA) is 131 Å². The Kier molecular flexibility index (Phi) is 34.6. The quantitative estimate of drug-likeness (QED) is 0.0252. The first kappa shape index (κ1) is 46.8. The molecule has 0 aromatic heterocycles. The standard InChI is InChI=1S/C38H74NO8P/c1-3-5-7-9-11-13-15-16-17-18-19-21-23-25-27-29-31-38(42)45-34-36(40)35-47-48(43,44)46-33-32-39-37(41)30-28-26-24-22-20-14-12-10-8-6-4-2/h10,12,36,40H,3-9,11,13-35H2,1-2H3,(H,39,41)(H,43,44)/b12-10-. The van der Waals surface area contributed by atoms with Crippen molar-refractivity contribution in [2.75, 3.05) is 26.4 Å². The summed E-state index contributed by atoms with van der Waals surface area (Å²) in [6.45, 7) is 3.51. The molecule has 3 N–H and O–H groups in total. The van der Waals surface area contributed by atoms with Crippen molar-refractivity contribution in [3.63, 3.8) is 0 Å². The van der Waals surface area contributed by atoms with Gasteiger partial charge in [-0.05, 0) is 32.1 Å². The molecule has 1 amide bonds. The molecule has 0 spiro atoms. The van der Waals surface area contributed by atoms with Crippen LogP contribution in [0.5, 0.6) is 0 Å². The molecule has 0 heterocycles. The first-order valence-corrected chi connectivity index (χ1v) is 21.2. The maximum Gasteiger partial charge on any atom is 0.472 e. The van der Waals surface area contributed by atoms with E-state index in [-0.39, 0.29) is 32.1 Å². The zero-order valence-electron chi connectivity index (χ0n) is 30.9.